The van der Waals surface area contributed by atoms with E-state index < -0.39 is 10.0 Å². The van der Waals surface area contributed by atoms with Crippen LogP contribution in [0.2, 0.25) is 5.02 Å². The van der Waals surface area contributed by atoms with Gasteiger partial charge < -0.3 is 10.8 Å². The summed E-state index contributed by atoms with van der Waals surface area (Å²) >= 11 is 5.79. The number of nitrogen functional groups attached to an aromatic ring is 1. The number of anilines is 1. The molecule has 1 rings (SSSR count). The fourth-order valence-corrected chi connectivity index (χ4v) is 3.09. The van der Waals surface area contributed by atoms with Crippen molar-refractivity contribution in [3.63, 3.8) is 0 Å². The predicted octanol–water partition coefficient (Wildman–Crippen LogP) is 0.925. The van der Waals surface area contributed by atoms with Gasteiger partial charge in [0.15, 0.2) is 0 Å². The second-order valence-electron chi connectivity index (χ2n) is 3.40. The normalized spacial score (nSPS) is 12.0. The minimum atomic E-state index is -3.62. The molecule has 0 bridgehead atoms. The summed E-state index contributed by atoms with van der Waals surface area (Å²) < 4.78 is 25.4. The molecule has 0 heterocycles. The highest BCUT2D eigenvalue weighted by Gasteiger charge is 2.22. The Morgan fingerprint density at radius 2 is 2.12 bits per heavy atom. The van der Waals surface area contributed by atoms with Gasteiger partial charge in [-0.05, 0) is 18.2 Å². The highest BCUT2D eigenvalue weighted by atomic mass is 35.5. The van der Waals surface area contributed by atoms with Crippen molar-refractivity contribution in [1.82, 2.24) is 4.31 Å². The lowest BCUT2D eigenvalue weighted by atomic mass is 10.3. The van der Waals surface area contributed by atoms with Gasteiger partial charge in [0.2, 0.25) is 10.0 Å². The van der Waals surface area contributed by atoms with E-state index >= 15 is 0 Å². The molecule has 96 valence electrons. The summed E-state index contributed by atoms with van der Waals surface area (Å²) in [4.78, 5) is 0.0759. The van der Waals surface area contributed by atoms with Crippen LogP contribution >= 0.6 is 11.6 Å². The van der Waals surface area contributed by atoms with Crippen molar-refractivity contribution in [2.24, 2.45) is 0 Å². The Morgan fingerprint density at radius 1 is 1.47 bits per heavy atom. The Morgan fingerprint density at radius 3 is 2.59 bits per heavy atom. The molecule has 0 aliphatic rings. The molecular weight excluding hydrogens is 264 g/mol. The van der Waals surface area contributed by atoms with Crippen LogP contribution in [0.1, 0.15) is 6.92 Å². The standard InChI is InChI=1S/C10H15ClN2O3S/c1-2-13(5-6-14)17(15,16)8-3-4-10(12)9(11)7-8/h3-4,7,14H,2,5-6,12H2,1H3. The van der Waals surface area contributed by atoms with E-state index in [1.165, 1.54) is 22.5 Å². The van der Waals surface area contributed by atoms with E-state index in [1.54, 1.807) is 6.92 Å². The smallest absolute Gasteiger partial charge is 0.243 e. The van der Waals surface area contributed by atoms with Gasteiger partial charge in [0.1, 0.15) is 0 Å². The van der Waals surface area contributed by atoms with Gasteiger partial charge in [-0.3, -0.25) is 0 Å². The minimum Gasteiger partial charge on any atom is -0.398 e. The molecule has 7 heteroatoms. The molecule has 0 fully saturated rings. The fourth-order valence-electron chi connectivity index (χ4n) is 1.38. The molecule has 0 amide bonds. The van der Waals surface area contributed by atoms with Crippen LogP contribution in [-0.4, -0.2) is 37.5 Å². The van der Waals surface area contributed by atoms with E-state index in [4.69, 9.17) is 22.4 Å². The topological polar surface area (TPSA) is 83.6 Å². The van der Waals surface area contributed by atoms with Gasteiger partial charge in [-0.2, -0.15) is 4.31 Å². The van der Waals surface area contributed by atoms with E-state index in [9.17, 15) is 8.42 Å². The molecule has 0 atom stereocenters. The Bertz CT molecular complexity index is 490. The SMILES string of the molecule is CCN(CCO)S(=O)(=O)c1ccc(N)c(Cl)c1. The first-order chi connectivity index (χ1) is 7.93. The molecule has 0 saturated carbocycles. The van der Waals surface area contributed by atoms with Crippen molar-refractivity contribution in [2.75, 3.05) is 25.4 Å². The molecular formula is C10H15ClN2O3S. The lowest BCUT2D eigenvalue weighted by Gasteiger charge is -2.19. The second-order valence-corrected chi connectivity index (χ2v) is 5.75. The van der Waals surface area contributed by atoms with Gasteiger partial charge in [-0.25, -0.2) is 8.42 Å². The van der Waals surface area contributed by atoms with E-state index in [-0.39, 0.29) is 29.6 Å². The summed E-state index contributed by atoms with van der Waals surface area (Å²) in [5.74, 6) is 0. The molecule has 17 heavy (non-hydrogen) atoms. The maximum absolute atomic E-state index is 12.1. The van der Waals surface area contributed by atoms with Gasteiger partial charge >= 0.3 is 0 Å². The van der Waals surface area contributed by atoms with E-state index in [1.807, 2.05) is 0 Å². The first-order valence-corrected chi connectivity index (χ1v) is 6.91. The number of sulfonamides is 1. The summed E-state index contributed by atoms with van der Waals surface area (Å²) in [6, 6.07) is 4.16. The second kappa shape index (κ2) is 5.68. The van der Waals surface area contributed by atoms with Crippen LogP contribution in [0, 0.1) is 0 Å². The van der Waals surface area contributed by atoms with E-state index in [0.717, 1.165) is 0 Å². The van der Waals surface area contributed by atoms with Crippen LogP contribution in [-0.2, 0) is 10.0 Å². The number of hydrogen-bond donors (Lipinski definition) is 2. The Hall–Kier alpha value is -0.820. The quantitative estimate of drug-likeness (QED) is 0.785. The molecule has 0 unspecified atom stereocenters. The maximum atomic E-state index is 12.1. The molecule has 0 saturated heterocycles. The summed E-state index contributed by atoms with van der Waals surface area (Å²) in [6.45, 7) is 1.81. The molecule has 0 aliphatic carbocycles. The maximum Gasteiger partial charge on any atom is 0.243 e. The lowest BCUT2D eigenvalue weighted by Crippen LogP contribution is -2.33. The van der Waals surface area contributed by atoms with Crippen molar-refractivity contribution in [1.29, 1.82) is 0 Å². The van der Waals surface area contributed by atoms with Crippen molar-refractivity contribution < 1.29 is 13.5 Å². The van der Waals surface area contributed by atoms with Gasteiger partial charge in [-0.1, -0.05) is 18.5 Å². The first-order valence-electron chi connectivity index (χ1n) is 5.09. The van der Waals surface area contributed by atoms with Crippen molar-refractivity contribution in [2.45, 2.75) is 11.8 Å². The number of nitrogens with two attached hydrogens (primary N) is 1. The van der Waals surface area contributed by atoms with Crippen LogP contribution in [0.3, 0.4) is 0 Å². The number of nitrogens with zero attached hydrogens (tertiary/aromatic N) is 1. The Kier molecular flexibility index (Phi) is 4.76. The minimum absolute atomic E-state index is 0.0564. The number of aliphatic hydroxyl groups is 1. The first kappa shape index (κ1) is 14.2. The highest BCUT2D eigenvalue weighted by Crippen LogP contribution is 2.24. The zero-order valence-corrected chi connectivity index (χ0v) is 11.0. The van der Waals surface area contributed by atoms with Crippen LogP contribution in [0.15, 0.2) is 23.1 Å². The number of halogens is 1. The van der Waals surface area contributed by atoms with Gasteiger partial charge in [0, 0.05) is 13.1 Å². The number of benzene rings is 1. The zero-order chi connectivity index (χ0) is 13.1. The Balaban J connectivity index is 3.15. The Labute approximate surface area is 106 Å². The third kappa shape index (κ3) is 3.10. The zero-order valence-electron chi connectivity index (χ0n) is 9.43. The third-order valence-corrected chi connectivity index (χ3v) is 4.61. The van der Waals surface area contributed by atoms with Crippen molar-refractivity contribution in [3.8, 4) is 0 Å². The molecule has 0 radical (unpaired) electrons. The van der Waals surface area contributed by atoms with Crippen LogP contribution in [0.4, 0.5) is 5.69 Å². The molecule has 1 aromatic carbocycles. The molecule has 0 aromatic heterocycles. The van der Waals surface area contributed by atoms with E-state index in [0.29, 0.717) is 5.69 Å². The number of likely N-dealkylation sites (N-methyl/N-ethyl adjacent to an activating group) is 1. The lowest BCUT2D eigenvalue weighted by molar-refractivity contribution is 0.257. The predicted molar refractivity (Wildman–Crippen MR) is 67.4 cm³/mol. The highest BCUT2D eigenvalue weighted by molar-refractivity contribution is 7.89. The number of aliphatic hydroxyl groups excluding tert-OH is 1. The number of rotatable bonds is 5. The van der Waals surface area contributed by atoms with Gasteiger partial charge in [0.25, 0.3) is 0 Å². The molecule has 1 aromatic rings. The van der Waals surface area contributed by atoms with Crippen LogP contribution < -0.4 is 5.73 Å². The van der Waals surface area contributed by atoms with Crippen LogP contribution in [0.25, 0.3) is 0 Å². The van der Waals surface area contributed by atoms with Gasteiger partial charge in [-0.15, -0.1) is 0 Å². The number of hydrogen-bond acceptors (Lipinski definition) is 4. The largest absolute Gasteiger partial charge is 0.398 e. The average Bonchev–Trinajstić information content (AvgIpc) is 2.29. The summed E-state index contributed by atoms with van der Waals surface area (Å²) in [5, 5.41) is 9.02. The summed E-state index contributed by atoms with van der Waals surface area (Å²) in [5.41, 5.74) is 5.85. The van der Waals surface area contributed by atoms with E-state index in [2.05, 4.69) is 0 Å². The van der Waals surface area contributed by atoms with Crippen molar-refractivity contribution >= 4 is 27.3 Å². The fraction of sp³-hybridized carbons (Fsp3) is 0.400. The molecule has 0 spiro atoms. The molecule has 0 aliphatic heterocycles. The average molecular weight is 279 g/mol. The van der Waals surface area contributed by atoms with Crippen LogP contribution in [0.5, 0.6) is 0 Å². The summed E-state index contributed by atoms with van der Waals surface area (Å²) in [6.07, 6.45) is 0. The molecule has 5 nitrogen and oxygen atoms in total. The molecule has 3 N–H and O–H groups in total. The monoisotopic (exact) mass is 278 g/mol. The van der Waals surface area contributed by atoms with Crippen molar-refractivity contribution in [3.05, 3.63) is 23.2 Å². The van der Waals surface area contributed by atoms with Gasteiger partial charge in [0.05, 0.1) is 22.2 Å². The third-order valence-electron chi connectivity index (χ3n) is 2.31. The summed E-state index contributed by atoms with van der Waals surface area (Å²) in [7, 11) is -3.62.